The summed E-state index contributed by atoms with van der Waals surface area (Å²) in [5, 5.41) is 24.4. The lowest BCUT2D eigenvalue weighted by molar-refractivity contribution is -0.172. The molecule has 4 heterocycles. The molecule has 1 amide bonds. The summed E-state index contributed by atoms with van der Waals surface area (Å²) in [6.07, 6.45) is 2.19. The van der Waals surface area contributed by atoms with Gasteiger partial charge in [-0.25, -0.2) is 14.2 Å². The number of nitrogens with one attached hydrogen (secondary N) is 1. The smallest absolute Gasteiger partial charge is 0.343 e. The quantitative estimate of drug-likeness (QED) is 0.304. The molecule has 7 rings (SSSR count). The molecule has 3 N–H and O–H groups in total. The first-order valence-corrected chi connectivity index (χ1v) is 14.0. The van der Waals surface area contributed by atoms with Gasteiger partial charge in [-0.2, -0.15) is 0 Å². The highest BCUT2D eigenvalue weighted by molar-refractivity contribution is 5.95. The molecule has 0 unspecified atom stereocenters. The van der Waals surface area contributed by atoms with E-state index in [1.807, 2.05) is 0 Å². The van der Waals surface area contributed by atoms with Crippen molar-refractivity contribution >= 4 is 22.8 Å². The minimum atomic E-state index is -1.96. The molecule has 0 saturated heterocycles. The summed E-state index contributed by atoms with van der Waals surface area (Å²) >= 11 is 0. The number of aromatic nitrogens is 2. The fourth-order valence-electron chi connectivity index (χ4n) is 6.78. The van der Waals surface area contributed by atoms with Crippen molar-refractivity contribution in [1.82, 2.24) is 14.9 Å². The van der Waals surface area contributed by atoms with Gasteiger partial charge in [-0.3, -0.25) is 9.59 Å². The molecule has 2 aliphatic carbocycles. The minimum absolute atomic E-state index is 0.0209. The van der Waals surface area contributed by atoms with Gasteiger partial charge < -0.3 is 29.6 Å². The predicted octanol–water partition coefficient (Wildman–Crippen LogP) is 2.17. The second-order valence-corrected chi connectivity index (χ2v) is 11.4. The van der Waals surface area contributed by atoms with Crippen molar-refractivity contribution in [1.29, 1.82) is 0 Å². The number of hydrogen-bond acceptors (Lipinski definition) is 8. The summed E-state index contributed by atoms with van der Waals surface area (Å²) in [6, 6.07) is 2.57. The highest BCUT2D eigenvalue weighted by Crippen LogP contribution is 2.47. The van der Waals surface area contributed by atoms with E-state index in [0.717, 1.165) is 22.1 Å². The van der Waals surface area contributed by atoms with E-state index in [2.05, 4.69) is 5.32 Å². The largest absolute Gasteiger partial charge is 0.458 e. The zero-order valence-corrected chi connectivity index (χ0v) is 22.8. The molecule has 0 spiro atoms. The van der Waals surface area contributed by atoms with Gasteiger partial charge in [-0.1, -0.05) is 6.92 Å². The Labute approximate surface area is 234 Å². The van der Waals surface area contributed by atoms with E-state index < -0.39 is 23.2 Å². The molecule has 0 radical (unpaired) electrons. The number of fused-ring (bicyclic) bond motifs is 5. The Morgan fingerprint density at radius 2 is 2.05 bits per heavy atom. The lowest BCUT2D eigenvalue weighted by Gasteiger charge is -2.31. The van der Waals surface area contributed by atoms with E-state index in [1.54, 1.807) is 24.5 Å². The minimum Gasteiger partial charge on any atom is -0.458 e. The van der Waals surface area contributed by atoms with Gasteiger partial charge >= 0.3 is 5.97 Å². The molecule has 0 bridgehead atoms. The number of amides is 1. The van der Waals surface area contributed by atoms with Crippen molar-refractivity contribution in [3.8, 4) is 11.4 Å². The van der Waals surface area contributed by atoms with Crippen LogP contribution in [0.5, 0.6) is 0 Å². The monoisotopic (exact) mass is 563 g/mol. The molecule has 1 aromatic carbocycles. The highest BCUT2D eigenvalue weighted by atomic mass is 19.1. The molecule has 10 nitrogen and oxygen atoms in total. The summed E-state index contributed by atoms with van der Waals surface area (Å²) in [6.45, 7) is 3.18. The molecule has 214 valence electrons. The van der Waals surface area contributed by atoms with Crippen molar-refractivity contribution in [2.45, 2.75) is 76.3 Å². The van der Waals surface area contributed by atoms with Crippen molar-refractivity contribution in [2.75, 3.05) is 13.2 Å². The average Bonchev–Trinajstić information content (AvgIpc) is 3.67. The van der Waals surface area contributed by atoms with Crippen LogP contribution < -0.4 is 10.9 Å². The number of aliphatic hydroxyl groups is 2. The Kier molecular flexibility index (Phi) is 5.70. The Hall–Kier alpha value is -3.67. The summed E-state index contributed by atoms with van der Waals surface area (Å²) in [5.74, 6) is -1.45. The van der Waals surface area contributed by atoms with Crippen LogP contribution in [-0.2, 0) is 44.2 Å². The molecule has 11 heteroatoms. The molecule has 2 aliphatic heterocycles. The van der Waals surface area contributed by atoms with Crippen LogP contribution in [0, 0.1) is 12.7 Å². The third-order valence-corrected chi connectivity index (χ3v) is 9.27. The number of aryl methyl sites for hydroxylation is 1. The Morgan fingerprint density at radius 3 is 2.76 bits per heavy atom. The summed E-state index contributed by atoms with van der Waals surface area (Å²) in [4.78, 5) is 44.5. The number of nitrogens with zero attached hydrogens (tertiary/aromatic N) is 2. The van der Waals surface area contributed by atoms with Crippen molar-refractivity contribution < 1.29 is 33.7 Å². The standard InChI is InChI=1S/C30H30FN3O7/c1-3-30(39)18-10-22-25-16(12-34(22)26(36)17(18)13-40-28(30)38)24-20(33-27(37)29(6-7-29)41-9-8-35)5-4-15-14(2)19(31)11-21(32-25)23(15)24/h10-11,20,35,39H,3-9,12-13H2,1-2H3,(H,33,37)/t20-,30-/m0/s1. The molecule has 2 aromatic heterocycles. The van der Waals surface area contributed by atoms with Crippen LogP contribution >= 0.6 is 0 Å². The number of benzene rings is 1. The second kappa shape index (κ2) is 8.91. The van der Waals surface area contributed by atoms with Gasteiger partial charge in [0.25, 0.3) is 11.5 Å². The number of esters is 1. The van der Waals surface area contributed by atoms with E-state index in [9.17, 15) is 24.6 Å². The van der Waals surface area contributed by atoms with Crippen molar-refractivity contribution in [3.63, 3.8) is 0 Å². The molecule has 1 saturated carbocycles. The van der Waals surface area contributed by atoms with Crippen molar-refractivity contribution in [2.24, 2.45) is 0 Å². The fraction of sp³-hybridized carbons (Fsp3) is 0.467. The first kappa shape index (κ1) is 26.2. The normalized spacial score (nSPS) is 23.0. The molecular formula is C30H30FN3O7. The molecule has 2 atom stereocenters. The summed E-state index contributed by atoms with van der Waals surface area (Å²) in [7, 11) is 0. The molecule has 1 fully saturated rings. The van der Waals surface area contributed by atoms with Gasteiger partial charge in [0, 0.05) is 22.6 Å². The fourth-order valence-corrected chi connectivity index (χ4v) is 6.78. The van der Waals surface area contributed by atoms with Gasteiger partial charge in [0.15, 0.2) is 5.60 Å². The van der Waals surface area contributed by atoms with Crippen LogP contribution in [0.1, 0.15) is 72.0 Å². The van der Waals surface area contributed by atoms with Crippen molar-refractivity contribution in [3.05, 3.63) is 61.7 Å². The second-order valence-electron chi connectivity index (χ2n) is 11.4. The number of ether oxygens (including phenoxy) is 2. The van der Waals surface area contributed by atoms with Gasteiger partial charge in [-0.15, -0.1) is 0 Å². The third kappa shape index (κ3) is 3.58. The van der Waals surface area contributed by atoms with Crippen LogP contribution in [0.4, 0.5) is 4.39 Å². The van der Waals surface area contributed by atoms with Crippen LogP contribution in [-0.4, -0.2) is 50.5 Å². The molecule has 41 heavy (non-hydrogen) atoms. The van der Waals surface area contributed by atoms with E-state index in [4.69, 9.17) is 14.5 Å². The van der Waals surface area contributed by atoms with Crippen LogP contribution in [0.25, 0.3) is 22.3 Å². The molecule has 4 aliphatic rings. The van der Waals surface area contributed by atoms with Gasteiger partial charge in [0.1, 0.15) is 18.0 Å². The SMILES string of the molecule is CC[C@@]1(O)C(=O)OCc2c1cc1n(c2=O)Cc2c-1nc1cc(F)c(C)c3c1c2[C@@H](NC(=O)C1(OCCO)CC1)CC3. The maximum atomic E-state index is 15.1. The summed E-state index contributed by atoms with van der Waals surface area (Å²) in [5.41, 5.74) is 1.28. The number of halogens is 1. The highest BCUT2D eigenvalue weighted by Gasteiger charge is 2.52. The number of hydrogen-bond donors (Lipinski definition) is 3. The Morgan fingerprint density at radius 1 is 1.27 bits per heavy atom. The Balaban J connectivity index is 1.42. The molecule has 3 aromatic rings. The van der Waals surface area contributed by atoms with Crippen LogP contribution in [0.3, 0.4) is 0 Å². The number of aliphatic hydroxyl groups excluding tert-OH is 1. The van der Waals surface area contributed by atoms with Gasteiger partial charge in [0.2, 0.25) is 0 Å². The number of cyclic esters (lactones) is 1. The van der Waals surface area contributed by atoms with E-state index in [1.165, 1.54) is 6.07 Å². The van der Waals surface area contributed by atoms with Crippen LogP contribution in [0.15, 0.2) is 16.9 Å². The van der Waals surface area contributed by atoms with E-state index >= 15 is 4.39 Å². The van der Waals surface area contributed by atoms with Gasteiger partial charge in [-0.05, 0) is 61.8 Å². The first-order chi connectivity index (χ1) is 19.6. The lowest BCUT2D eigenvalue weighted by Crippen LogP contribution is -2.44. The lowest BCUT2D eigenvalue weighted by atomic mass is 9.81. The Bertz CT molecular complexity index is 1740. The number of carbonyl (C=O) groups is 2. The first-order valence-electron chi connectivity index (χ1n) is 14.0. The predicted molar refractivity (Wildman–Crippen MR) is 143 cm³/mol. The third-order valence-electron chi connectivity index (χ3n) is 9.27. The number of carbonyl (C=O) groups excluding carboxylic acids is 2. The van der Waals surface area contributed by atoms with E-state index in [-0.39, 0.29) is 61.2 Å². The molecular weight excluding hydrogens is 533 g/mol. The van der Waals surface area contributed by atoms with E-state index in [0.29, 0.717) is 48.2 Å². The summed E-state index contributed by atoms with van der Waals surface area (Å²) < 4.78 is 27.5. The average molecular weight is 564 g/mol. The zero-order valence-electron chi connectivity index (χ0n) is 22.8. The number of pyridine rings is 2. The van der Waals surface area contributed by atoms with Crippen LogP contribution in [0.2, 0.25) is 0 Å². The maximum absolute atomic E-state index is 15.1. The number of rotatable bonds is 6. The topological polar surface area (TPSA) is 140 Å². The zero-order chi connectivity index (χ0) is 28.8. The maximum Gasteiger partial charge on any atom is 0.343 e. The van der Waals surface area contributed by atoms with Gasteiger partial charge in [0.05, 0.1) is 48.3 Å².